The van der Waals surface area contributed by atoms with E-state index in [4.69, 9.17) is 16.8 Å². The molecule has 1 rings (SSSR count). The minimum Gasteiger partial charge on any atom is -0.409 e. The zero-order chi connectivity index (χ0) is 8.27. The van der Waals surface area contributed by atoms with E-state index in [1.165, 1.54) is 0 Å². The lowest BCUT2D eigenvalue weighted by Crippen LogP contribution is -2.31. The minimum absolute atomic E-state index is 0.355. The first-order chi connectivity index (χ1) is 5.25. The predicted molar refractivity (Wildman–Crippen MR) is 40.9 cm³/mol. The molecule has 0 spiro atoms. The van der Waals surface area contributed by atoms with Crippen molar-refractivity contribution in [3.63, 3.8) is 0 Å². The minimum atomic E-state index is -0.383. The summed E-state index contributed by atoms with van der Waals surface area (Å²) in [5.41, 5.74) is 0. The Balaban J connectivity index is 2.53. The first kappa shape index (κ1) is 8.33. The number of hydrogen-bond acceptors (Lipinski definition) is 3. The smallest absolute Gasteiger partial charge is 0.287 e. The van der Waals surface area contributed by atoms with Crippen LogP contribution in [0, 0.1) is 0 Å². The van der Waals surface area contributed by atoms with Crippen molar-refractivity contribution in [3.8, 4) is 0 Å². The number of amides is 1. The molecule has 0 radical (unpaired) electrons. The summed E-state index contributed by atoms with van der Waals surface area (Å²) < 4.78 is 0. The molecule has 0 aromatic heterocycles. The number of rotatable bonds is 1. The van der Waals surface area contributed by atoms with Crippen LogP contribution in [0.4, 0.5) is 0 Å². The Labute approximate surface area is 69.4 Å². The normalized spacial score (nSPS) is 19.0. The lowest BCUT2D eigenvalue weighted by atomic mass is 10.4. The molecule has 4 nitrogen and oxygen atoms in total. The fraction of sp³-hybridized carbons (Fsp3) is 0.667. The molecule has 0 unspecified atom stereocenters. The van der Waals surface area contributed by atoms with Gasteiger partial charge in [-0.1, -0.05) is 16.8 Å². The van der Waals surface area contributed by atoms with Crippen molar-refractivity contribution < 1.29 is 10.0 Å². The lowest BCUT2D eigenvalue weighted by molar-refractivity contribution is -0.122. The molecular formula is C6H9ClN2O2. The SMILES string of the molecule is O=C(/C(Cl)=N/O)N1CCCC1. The maximum absolute atomic E-state index is 11.1. The van der Waals surface area contributed by atoms with Crippen LogP contribution < -0.4 is 0 Å². The van der Waals surface area contributed by atoms with Crippen molar-refractivity contribution in [3.05, 3.63) is 0 Å². The van der Waals surface area contributed by atoms with Gasteiger partial charge in [-0.15, -0.1) is 0 Å². The van der Waals surface area contributed by atoms with Crippen LogP contribution in [0.2, 0.25) is 0 Å². The van der Waals surface area contributed by atoms with Crippen molar-refractivity contribution in [2.24, 2.45) is 5.16 Å². The van der Waals surface area contributed by atoms with E-state index in [1.807, 2.05) is 0 Å². The highest BCUT2D eigenvalue weighted by Gasteiger charge is 2.21. The molecule has 0 aromatic carbocycles. The quantitative estimate of drug-likeness (QED) is 0.362. The van der Waals surface area contributed by atoms with E-state index < -0.39 is 0 Å². The zero-order valence-electron chi connectivity index (χ0n) is 5.96. The molecule has 1 aliphatic heterocycles. The molecule has 0 saturated carbocycles. The third-order valence-corrected chi connectivity index (χ3v) is 1.89. The van der Waals surface area contributed by atoms with E-state index in [9.17, 15) is 4.79 Å². The molecule has 1 amide bonds. The number of likely N-dealkylation sites (tertiary alicyclic amines) is 1. The molecule has 1 aliphatic rings. The van der Waals surface area contributed by atoms with Crippen LogP contribution in [0.5, 0.6) is 0 Å². The summed E-state index contributed by atoms with van der Waals surface area (Å²) in [4.78, 5) is 12.7. The molecule has 1 fully saturated rings. The number of carbonyl (C=O) groups is 1. The van der Waals surface area contributed by atoms with E-state index in [0.29, 0.717) is 13.1 Å². The molecule has 1 N–H and O–H groups in total. The van der Waals surface area contributed by atoms with E-state index in [2.05, 4.69) is 5.16 Å². The maximum Gasteiger partial charge on any atom is 0.287 e. The van der Waals surface area contributed by atoms with Crippen molar-refractivity contribution in [1.82, 2.24) is 4.90 Å². The van der Waals surface area contributed by atoms with Gasteiger partial charge in [-0.3, -0.25) is 4.79 Å². The molecule has 0 bridgehead atoms. The van der Waals surface area contributed by atoms with Crippen LogP contribution in [0.25, 0.3) is 0 Å². The summed E-state index contributed by atoms with van der Waals surface area (Å²) >= 11 is 5.30. The predicted octanol–water partition coefficient (Wildman–Crippen LogP) is 0.635. The summed E-state index contributed by atoms with van der Waals surface area (Å²) in [6.45, 7) is 1.43. The topological polar surface area (TPSA) is 52.9 Å². The Hall–Kier alpha value is -0.770. The van der Waals surface area contributed by atoms with E-state index in [0.717, 1.165) is 12.8 Å². The second-order valence-electron chi connectivity index (χ2n) is 2.39. The molecule has 5 heteroatoms. The first-order valence-corrected chi connectivity index (χ1v) is 3.80. The van der Waals surface area contributed by atoms with Crippen LogP contribution in [0.3, 0.4) is 0 Å². The highest BCUT2D eigenvalue weighted by Crippen LogP contribution is 2.08. The van der Waals surface area contributed by atoms with Crippen molar-refractivity contribution >= 4 is 22.7 Å². The average molecular weight is 177 g/mol. The Morgan fingerprint density at radius 1 is 1.45 bits per heavy atom. The third-order valence-electron chi connectivity index (χ3n) is 1.66. The van der Waals surface area contributed by atoms with Gasteiger partial charge < -0.3 is 10.1 Å². The Morgan fingerprint density at radius 3 is 2.45 bits per heavy atom. The fourth-order valence-electron chi connectivity index (χ4n) is 1.09. The molecule has 62 valence electrons. The summed E-state index contributed by atoms with van der Waals surface area (Å²) in [5, 5.41) is 10.4. The molecule has 1 saturated heterocycles. The molecule has 0 aliphatic carbocycles. The van der Waals surface area contributed by atoms with Gasteiger partial charge >= 0.3 is 0 Å². The maximum atomic E-state index is 11.1. The second-order valence-corrected chi connectivity index (χ2v) is 2.75. The number of nitrogens with zero attached hydrogens (tertiary/aromatic N) is 2. The van der Waals surface area contributed by atoms with Gasteiger partial charge in [0.2, 0.25) is 5.17 Å². The summed E-state index contributed by atoms with van der Waals surface area (Å²) in [5.74, 6) is -0.383. The van der Waals surface area contributed by atoms with E-state index >= 15 is 0 Å². The third kappa shape index (κ3) is 1.83. The van der Waals surface area contributed by atoms with Crippen LogP contribution in [-0.2, 0) is 4.79 Å². The number of oxime groups is 1. The summed E-state index contributed by atoms with van der Waals surface area (Å²) in [6, 6.07) is 0. The summed E-state index contributed by atoms with van der Waals surface area (Å²) in [7, 11) is 0. The van der Waals surface area contributed by atoms with Gasteiger partial charge in [0.1, 0.15) is 0 Å². The largest absolute Gasteiger partial charge is 0.409 e. The van der Waals surface area contributed by atoms with Gasteiger partial charge in [0, 0.05) is 13.1 Å². The van der Waals surface area contributed by atoms with Crippen LogP contribution in [-0.4, -0.2) is 34.3 Å². The number of halogens is 1. The average Bonchev–Trinajstić information content (AvgIpc) is 2.53. The second kappa shape index (κ2) is 3.57. The monoisotopic (exact) mass is 176 g/mol. The molecule has 0 aromatic rings. The van der Waals surface area contributed by atoms with Crippen LogP contribution >= 0.6 is 11.6 Å². The summed E-state index contributed by atoms with van der Waals surface area (Å²) in [6.07, 6.45) is 2.00. The first-order valence-electron chi connectivity index (χ1n) is 3.42. The highest BCUT2D eigenvalue weighted by atomic mass is 35.5. The van der Waals surface area contributed by atoms with Crippen molar-refractivity contribution in [1.29, 1.82) is 0 Å². The van der Waals surface area contributed by atoms with Gasteiger partial charge in [-0.2, -0.15) is 0 Å². The number of carbonyl (C=O) groups excluding carboxylic acids is 1. The highest BCUT2D eigenvalue weighted by molar-refractivity contribution is 6.82. The molecule has 0 atom stereocenters. The van der Waals surface area contributed by atoms with Gasteiger partial charge in [0.25, 0.3) is 5.91 Å². The van der Waals surface area contributed by atoms with Crippen LogP contribution in [0.1, 0.15) is 12.8 Å². The van der Waals surface area contributed by atoms with Crippen molar-refractivity contribution in [2.45, 2.75) is 12.8 Å². The molecule has 11 heavy (non-hydrogen) atoms. The fourth-order valence-corrected chi connectivity index (χ4v) is 1.21. The van der Waals surface area contributed by atoms with E-state index in [1.54, 1.807) is 4.90 Å². The lowest BCUT2D eigenvalue weighted by Gasteiger charge is -2.12. The molecule has 1 heterocycles. The Morgan fingerprint density at radius 2 is 2.00 bits per heavy atom. The van der Waals surface area contributed by atoms with Crippen molar-refractivity contribution in [2.75, 3.05) is 13.1 Å². The van der Waals surface area contributed by atoms with E-state index in [-0.39, 0.29) is 11.1 Å². The van der Waals surface area contributed by atoms with Gasteiger partial charge in [0.15, 0.2) is 0 Å². The van der Waals surface area contributed by atoms with Gasteiger partial charge in [-0.25, -0.2) is 0 Å². The Kier molecular flexibility index (Phi) is 2.70. The van der Waals surface area contributed by atoms with Gasteiger partial charge in [-0.05, 0) is 12.8 Å². The Bertz CT molecular complexity index is 187. The zero-order valence-corrected chi connectivity index (χ0v) is 6.71. The van der Waals surface area contributed by atoms with Gasteiger partial charge in [0.05, 0.1) is 0 Å². The standard InChI is InChI=1S/C6H9ClN2O2/c7-5(8-11)6(10)9-3-1-2-4-9/h11H,1-4H2/b8-5-. The number of hydrogen-bond donors (Lipinski definition) is 1. The molecular weight excluding hydrogens is 168 g/mol. The van der Waals surface area contributed by atoms with Crippen LogP contribution in [0.15, 0.2) is 5.16 Å².